The Bertz CT molecular complexity index is 1500. The minimum absolute atomic E-state index is 0.219. The second-order valence-electron chi connectivity index (χ2n) is 6.84. The van der Waals surface area contributed by atoms with Crippen molar-refractivity contribution in [1.29, 1.82) is 0 Å². The van der Waals surface area contributed by atoms with Crippen molar-refractivity contribution in [2.45, 2.75) is 4.90 Å². The number of sulfone groups is 1. The molecule has 1 N–H and O–H groups in total. The zero-order valence-corrected chi connectivity index (χ0v) is 16.9. The number of nitrogens with zero attached hydrogens (tertiary/aromatic N) is 5. The van der Waals surface area contributed by atoms with Gasteiger partial charge < -0.3 is 4.74 Å². The Morgan fingerprint density at radius 3 is 2.57 bits per heavy atom. The van der Waals surface area contributed by atoms with E-state index in [0.29, 0.717) is 28.5 Å². The van der Waals surface area contributed by atoms with Gasteiger partial charge in [-0.2, -0.15) is 15.2 Å². The summed E-state index contributed by atoms with van der Waals surface area (Å²) < 4.78 is 31.0. The molecule has 0 amide bonds. The SMILES string of the molecule is Cn1ncc2c(Oc3ccc(S(C)(=O)=O)cc3)nc(-c3cccc4[nH]ncc34)nc21. The fourth-order valence-electron chi connectivity index (χ4n) is 3.22. The number of rotatable bonds is 4. The zero-order chi connectivity index (χ0) is 20.9. The highest BCUT2D eigenvalue weighted by molar-refractivity contribution is 7.90. The number of fused-ring (bicyclic) bond motifs is 2. The molecule has 0 saturated heterocycles. The topological polar surface area (TPSA) is 116 Å². The van der Waals surface area contributed by atoms with Crippen LogP contribution >= 0.6 is 0 Å². The van der Waals surface area contributed by atoms with Gasteiger partial charge in [0.1, 0.15) is 11.1 Å². The predicted octanol–water partition coefficient (Wildman–Crippen LogP) is 3.10. The maximum absolute atomic E-state index is 11.7. The summed E-state index contributed by atoms with van der Waals surface area (Å²) in [4.78, 5) is 9.52. The Kier molecular flexibility index (Phi) is 4.03. The van der Waals surface area contributed by atoms with E-state index in [9.17, 15) is 8.42 Å². The van der Waals surface area contributed by atoms with Gasteiger partial charge >= 0.3 is 0 Å². The highest BCUT2D eigenvalue weighted by Gasteiger charge is 2.17. The van der Waals surface area contributed by atoms with E-state index in [1.165, 1.54) is 12.1 Å². The summed E-state index contributed by atoms with van der Waals surface area (Å²) in [7, 11) is -1.49. The van der Waals surface area contributed by atoms with E-state index in [4.69, 9.17) is 4.74 Å². The lowest BCUT2D eigenvalue weighted by atomic mass is 10.1. The van der Waals surface area contributed by atoms with E-state index in [2.05, 4.69) is 25.3 Å². The molecule has 0 aliphatic rings. The van der Waals surface area contributed by atoms with Crippen LogP contribution in [0.4, 0.5) is 0 Å². The van der Waals surface area contributed by atoms with Crippen molar-refractivity contribution in [3.8, 4) is 23.0 Å². The molecule has 150 valence electrons. The van der Waals surface area contributed by atoms with E-state index in [-0.39, 0.29) is 4.90 Å². The van der Waals surface area contributed by atoms with Gasteiger partial charge in [-0.15, -0.1) is 0 Å². The van der Waals surface area contributed by atoms with Gasteiger partial charge in [0.15, 0.2) is 21.3 Å². The van der Waals surface area contributed by atoms with Gasteiger partial charge in [-0.1, -0.05) is 12.1 Å². The Hall–Kier alpha value is -3.79. The van der Waals surface area contributed by atoms with Crippen molar-refractivity contribution in [2.75, 3.05) is 6.26 Å². The summed E-state index contributed by atoms with van der Waals surface area (Å²) >= 11 is 0. The third kappa shape index (κ3) is 3.07. The van der Waals surface area contributed by atoms with Crippen LogP contribution in [0.3, 0.4) is 0 Å². The van der Waals surface area contributed by atoms with Crippen LogP contribution < -0.4 is 4.74 Å². The molecular weight excluding hydrogens is 404 g/mol. The second kappa shape index (κ2) is 6.63. The van der Waals surface area contributed by atoms with E-state index < -0.39 is 9.84 Å². The Balaban J connectivity index is 1.64. The Labute approximate surface area is 171 Å². The maximum Gasteiger partial charge on any atom is 0.234 e. The van der Waals surface area contributed by atoms with Crippen molar-refractivity contribution in [2.24, 2.45) is 7.05 Å². The molecule has 0 aliphatic carbocycles. The molecule has 0 atom stereocenters. The van der Waals surface area contributed by atoms with Gasteiger partial charge in [0, 0.05) is 24.3 Å². The van der Waals surface area contributed by atoms with Crippen molar-refractivity contribution in [1.82, 2.24) is 29.9 Å². The number of ether oxygens (including phenoxy) is 1. The Morgan fingerprint density at radius 1 is 1.00 bits per heavy atom. The number of benzene rings is 2. The summed E-state index contributed by atoms with van der Waals surface area (Å²) in [5.41, 5.74) is 2.30. The fourth-order valence-corrected chi connectivity index (χ4v) is 3.85. The molecule has 0 spiro atoms. The number of hydrogen-bond acceptors (Lipinski definition) is 7. The van der Waals surface area contributed by atoms with Crippen LogP contribution in [0.1, 0.15) is 0 Å². The van der Waals surface area contributed by atoms with E-state index >= 15 is 0 Å². The van der Waals surface area contributed by atoms with Crippen molar-refractivity contribution >= 4 is 31.8 Å². The van der Waals surface area contributed by atoms with Crippen molar-refractivity contribution in [3.05, 3.63) is 54.9 Å². The smallest absolute Gasteiger partial charge is 0.234 e. The van der Waals surface area contributed by atoms with Gasteiger partial charge in [0.25, 0.3) is 0 Å². The average molecular weight is 420 g/mol. The highest BCUT2D eigenvalue weighted by atomic mass is 32.2. The first kappa shape index (κ1) is 18.3. The van der Waals surface area contributed by atoms with Crippen molar-refractivity contribution < 1.29 is 13.2 Å². The van der Waals surface area contributed by atoms with Crippen LogP contribution in [-0.4, -0.2) is 44.6 Å². The summed E-state index contributed by atoms with van der Waals surface area (Å²) in [5.74, 6) is 1.26. The molecule has 3 heterocycles. The molecule has 0 bridgehead atoms. The van der Waals surface area contributed by atoms with Crippen molar-refractivity contribution in [3.63, 3.8) is 0 Å². The first-order chi connectivity index (χ1) is 14.4. The lowest BCUT2D eigenvalue weighted by molar-refractivity contribution is 0.468. The van der Waals surface area contributed by atoms with Gasteiger partial charge in [-0.25, -0.2) is 13.4 Å². The predicted molar refractivity (Wildman–Crippen MR) is 111 cm³/mol. The number of H-pyrrole nitrogens is 1. The number of aromatic amines is 1. The molecule has 0 radical (unpaired) electrons. The van der Waals surface area contributed by atoms with Crippen LogP contribution in [0.5, 0.6) is 11.6 Å². The summed E-state index contributed by atoms with van der Waals surface area (Å²) in [5, 5.41) is 12.8. The molecular formula is C20H16N6O3S. The summed E-state index contributed by atoms with van der Waals surface area (Å²) in [6.45, 7) is 0. The first-order valence-electron chi connectivity index (χ1n) is 9.00. The summed E-state index contributed by atoms with van der Waals surface area (Å²) in [6.07, 6.45) is 4.53. The second-order valence-corrected chi connectivity index (χ2v) is 8.86. The molecule has 5 aromatic rings. The molecule has 9 nitrogen and oxygen atoms in total. The lowest BCUT2D eigenvalue weighted by Gasteiger charge is -2.09. The molecule has 0 fully saturated rings. The van der Waals surface area contributed by atoms with Crippen LogP contribution in [0, 0.1) is 0 Å². The lowest BCUT2D eigenvalue weighted by Crippen LogP contribution is -1.99. The van der Waals surface area contributed by atoms with Gasteiger partial charge in [0.05, 0.1) is 22.8 Å². The molecule has 0 aliphatic heterocycles. The molecule has 0 saturated carbocycles. The minimum atomic E-state index is -3.29. The molecule has 2 aromatic carbocycles. The molecule has 3 aromatic heterocycles. The number of hydrogen-bond donors (Lipinski definition) is 1. The van der Waals surface area contributed by atoms with Crippen LogP contribution in [0.25, 0.3) is 33.3 Å². The first-order valence-corrected chi connectivity index (χ1v) is 10.9. The third-order valence-corrected chi connectivity index (χ3v) is 5.88. The quantitative estimate of drug-likeness (QED) is 0.475. The Morgan fingerprint density at radius 2 is 1.80 bits per heavy atom. The average Bonchev–Trinajstić information content (AvgIpc) is 3.34. The molecule has 0 unspecified atom stereocenters. The highest BCUT2D eigenvalue weighted by Crippen LogP contribution is 2.32. The number of aryl methyl sites for hydroxylation is 1. The largest absolute Gasteiger partial charge is 0.438 e. The van der Waals surface area contributed by atoms with E-state index in [0.717, 1.165) is 22.7 Å². The van der Waals surface area contributed by atoms with Gasteiger partial charge in [-0.3, -0.25) is 9.78 Å². The normalized spacial score (nSPS) is 11.9. The standard InChI is InChI=1S/C20H16N6O3S/c1-26-19-16(11-22-26)20(29-12-6-8-13(9-7-12)30(2,27)28)24-18(23-19)14-4-3-5-17-15(14)10-21-25-17/h3-11H,1-2H3,(H,21,25). The van der Waals surface area contributed by atoms with Crippen LogP contribution in [0.15, 0.2) is 59.8 Å². The molecule has 30 heavy (non-hydrogen) atoms. The van der Waals surface area contributed by atoms with E-state index in [1.807, 2.05) is 18.2 Å². The number of aromatic nitrogens is 6. The fraction of sp³-hybridized carbons (Fsp3) is 0.100. The number of nitrogens with one attached hydrogen (secondary N) is 1. The zero-order valence-electron chi connectivity index (χ0n) is 16.1. The van der Waals surface area contributed by atoms with Gasteiger partial charge in [-0.05, 0) is 30.3 Å². The third-order valence-electron chi connectivity index (χ3n) is 4.75. The monoisotopic (exact) mass is 420 g/mol. The van der Waals surface area contributed by atoms with Gasteiger partial charge in [0.2, 0.25) is 5.88 Å². The summed E-state index contributed by atoms with van der Waals surface area (Å²) in [6, 6.07) is 11.9. The minimum Gasteiger partial charge on any atom is -0.438 e. The van der Waals surface area contributed by atoms with Crippen LogP contribution in [-0.2, 0) is 16.9 Å². The maximum atomic E-state index is 11.7. The molecule has 5 rings (SSSR count). The molecule has 10 heteroatoms. The van der Waals surface area contributed by atoms with E-state index in [1.54, 1.807) is 36.3 Å². The van der Waals surface area contributed by atoms with Crippen LogP contribution in [0.2, 0.25) is 0 Å².